The average Bonchev–Trinajstić information content (AvgIpc) is 3.19. The van der Waals surface area contributed by atoms with Gasteiger partial charge in [0.1, 0.15) is 5.39 Å². The molecular weight excluding hydrogens is 480 g/mol. The molecule has 38 heavy (non-hydrogen) atoms. The molecular formula is C28H34N8O2. The summed E-state index contributed by atoms with van der Waals surface area (Å²) in [6.07, 6.45) is 4.15. The second-order valence-corrected chi connectivity index (χ2v) is 10.9. The van der Waals surface area contributed by atoms with Crippen LogP contribution >= 0.6 is 0 Å². The number of benzene rings is 1. The molecule has 4 heterocycles. The summed E-state index contributed by atoms with van der Waals surface area (Å²) < 4.78 is 3.54. The number of hydrogen-bond donors (Lipinski definition) is 3. The molecule has 1 aliphatic rings. The van der Waals surface area contributed by atoms with Crippen LogP contribution in [0.1, 0.15) is 67.8 Å². The molecule has 3 N–H and O–H groups in total. The van der Waals surface area contributed by atoms with E-state index in [4.69, 9.17) is 4.98 Å². The molecule has 0 saturated carbocycles. The van der Waals surface area contributed by atoms with Crippen molar-refractivity contribution in [3.05, 3.63) is 69.4 Å². The maximum atomic E-state index is 13.4. The molecule has 1 aromatic carbocycles. The lowest BCUT2D eigenvalue weighted by molar-refractivity contribution is 0.0961. The summed E-state index contributed by atoms with van der Waals surface area (Å²) in [7, 11) is 1.63. The van der Waals surface area contributed by atoms with Crippen LogP contribution in [0.5, 0.6) is 0 Å². The van der Waals surface area contributed by atoms with Crippen molar-refractivity contribution in [3.63, 3.8) is 0 Å². The van der Waals surface area contributed by atoms with Gasteiger partial charge < -0.3 is 16.0 Å². The Hall–Kier alpha value is -4.05. The molecule has 198 valence electrons. The minimum atomic E-state index is -0.159. The molecule has 3 aromatic heterocycles. The molecule has 4 aromatic rings. The van der Waals surface area contributed by atoms with Crippen molar-refractivity contribution in [2.45, 2.75) is 59.0 Å². The summed E-state index contributed by atoms with van der Waals surface area (Å²) in [6, 6.07) is 7.64. The van der Waals surface area contributed by atoms with Gasteiger partial charge in [0.05, 0.1) is 5.69 Å². The van der Waals surface area contributed by atoms with Crippen LogP contribution in [0.25, 0.3) is 16.7 Å². The molecule has 1 amide bonds. The highest BCUT2D eigenvalue weighted by atomic mass is 16.1. The second-order valence-electron chi connectivity index (χ2n) is 10.9. The van der Waals surface area contributed by atoms with Gasteiger partial charge in [-0.25, -0.2) is 14.3 Å². The van der Waals surface area contributed by atoms with Gasteiger partial charge >= 0.3 is 0 Å². The van der Waals surface area contributed by atoms with Crippen molar-refractivity contribution in [1.29, 1.82) is 0 Å². The van der Waals surface area contributed by atoms with E-state index in [0.29, 0.717) is 29.1 Å². The molecule has 0 radical (unpaired) electrons. The zero-order valence-electron chi connectivity index (χ0n) is 22.7. The van der Waals surface area contributed by atoms with Crippen LogP contribution in [0, 0.1) is 0 Å². The van der Waals surface area contributed by atoms with E-state index in [0.717, 1.165) is 41.2 Å². The molecule has 0 fully saturated rings. The predicted octanol–water partition coefficient (Wildman–Crippen LogP) is 3.60. The normalized spacial score (nSPS) is 13.6. The van der Waals surface area contributed by atoms with Crippen LogP contribution in [0.4, 0.5) is 11.6 Å². The van der Waals surface area contributed by atoms with Gasteiger partial charge in [-0.2, -0.15) is 4.98 Å². The van der Waals surface area contributed by atoms with Crippen molar-refractivity contribution in [2.75, 3.05) is 18.9 Å². The summed E-state index contributed by atoms with van der Waals surface area (Å²) in [5.74, 6) is 0.203. The number of fused-ring (bicyclic) bond motifs is 2. The molecule has 0 saturated heterocycles. The average molecular weight is 515 g/mol. The van der Waals surface area contributed by atoms with Crippen molar-refractivity contribution in [2.24, 2.45) is 0 Å². The van der Waals surface area contributed by atoms with E-state index in [2.05, 4.69) is 46.7 Å². The van der Waals surface area contributed by atoms with E-state index in [-0.39, 0.29) is 22.9 Å². The number of anilines is 2. The number of rotatable bonds is 5. The number of aromatic nitrogens is 5. The quantitative estimate of drug-likeness (QED) is 0.372. The van der Waals surface area contributed by atoms with Crippen molar-refractivity contribution in [3.8, 4) is 5.69 Å². The lowest BCUT2D eigenvalue weighted by atomic mass is 9.91. The first-order valence-corrected chi connectivity index (χ1v) is 12.9. The van der Waals surface area contributed by atoms with Crippen LogP contribution in [0.3, 0.4) is 0 Å². The Morgan fingerprint density at radius 3 is 2.66 bits per heavy atom. The SMILES string of the molecule is CNC(=O)c1cc(Nc2ncc3c(=O)n(C(C)C)n(-c4ccnc(C(C)(C)C)c4)c3n2)cc2c1CNCC2. The molecule has 5 rings (SSSR count). The highest BCUT2D eigenvalue weighted by Gasteiger charge is 2.23. The Labute approximate surface area is 221 Å². The van der Waals surface area contributed by atoms with Gasteiger partial charge in [-0.15, -0.1) is 0 Å². The first kappa shape index (κ1) is 25.6. The van der Waals surface area contributed by atoms with E-state index in [1.807, 2.05) is 42.8 Å². The van der Waals surface area contributed by atoms with Crippen LogP contribution in [0.2, 0.25) is 0 Å². The molecule has 0 unspecified atom stereocenters. The van der Waals surface area contributed by atoms with Crippen LogP contribution in [-0.2, 0) is 18.4 Å². The Kier molecular flexibility index (Phi) is 6.52. The Balaban J connectivity index is 1.64. The monoisotopic (exact) mass is 514 g/mol. The molecule has 10 nitrogen and oxygen atoms in total. The third-order valence-electron chi connectivity index (χ3n) is 6.81. The lowest BCUT2D eigenvalue weighted by Gasteiger charge is -2.21. The van der Waals surface area contributed by atoms with Crippen LogP contribution < -0.4 is 21.5 Å². The van der Waals surface area contributed by atoms with E-state index in [1.165, 1.54) is 0 Å². The van der Waals surface area contributed by atoms with Crippen molar-refractivity contribution in [1.82, 2.24) is 34.9 Å². The fourth-order valence-electron chi connectivity index (χ4n) is 4.87. The van der Waals surface area contributed by atoms with Gasteiger partial charge in [0, 0.05) is 54.4 Å². The predicted molar refractivity (Wildman–Crippen MR) is 149 cm³/mol. The van der Waals surface area contributed by atoms with Gasteiger partial charge in [-0.05, 0) is 62.2 Å². The fraction of sp³-hybridized carbons (Fsp3) is 0.393. The largest absolute Gasteiger partial charge is 0.355 e. The third-order valence-corrected chi connectivity index (χ3v) is 6.81. The zero-order chi connectivity index (χ0) is 27.2. The first-order valence-electron chi connectivity index (χ1n) is 12.9. The standard InChI is InChI=1S/C28H34N8O2/c1-16(2)35-26(38)22-15-32-27(34-24(22)36(35)19-8-10-31-23(13-19)28(3,4)5)33-18-11-17-7-9-30-14-21(17)20(12-18)25(37)29-6/h8,10-13,15-16,30H,7,9,14H2,1-6H3,(H,29,37)(H,32,33,34). The van der Waals surface area contributed by atoms with Gasteiger partial charge in [0.25, 0.3) is 11.5 Å². The number of hydrogen-bond acceptors (Lipinski definition) is 7. The van der Waals surface area contributed by atoms with E-state index < -0.39 is 0 Å². The molecule has 10 heteroatoms. The number of carbonyl (C=O) groups is 1. The topological polar surface area (TPSA) is 119 Å². The Bertz CT molecular complexity index is 1590. The zero-order valence-corrected chi connectivity index (χ0v) is 22.7. The molecule has 0 atom stereocenters. The van der Waals surface area contributed by atoms with Crippen LogP contribution in [0.15, 0.2) is 41.5 Å². The van der Waals surface area contributed by atoms with E-state index in [9.17, 15) is 9.59 Å². The van der Waals surface area contributed by atoms with Gasteiger partial charge in [0.2, 0.25) is 5.95 Å². The Morgan fingerprint density at radius 2 is 1.95 bits per heavy atom. The molecule has 1 aliphatic heterocycles. The first-order chi connectivity index (χ1) is 18.1. The molecule has 0 bridgehead atoms. The number of carbonyl (C=O) groups excluding carboxylic acids is 1. The lowest BCUT2D eigenvalue weighted by Crippen LogP contribution is -2.28. The summed E-state index contributed by atoms with van der Waals surface area (Å²) in [4.78, 5) is 39.8. The van der Waals surface area contributed by atoms with Crippen molar-refractivity contribution >= 4 is 28.6 Å². The summed E-state index contributed by atoms with van der Waals surface area (Å²) >= 11 is 0. The second kappa shape index (κ2) is 9.68. The number of amides is 1. The molecule has 0 spiro atoms. The number of pyridine rings is 1. The minimum absolute atomic E-state index is 0.108. The van der Waals surface area contributed by atoms with Gasteiger partial charge in [0.15, 0.2) is 5.65 Å². The van der Waals surface area contributed by atoms with Gasteiger partial charge in [-0.1, -0.05) is 20.8 Å². The Morgan fingerprint density at radius 1 is 1.16 bits per heavy atom. The van der Waals surface area contributed by atoms with E-state index in [1.54, 1.807) is 24.1 Å². The van der Waals surface area contributed by atoms with Gasteiger partial charge in [-0.3, -0.25) is 14.6 Å². The smallest absolute Gasteiger partial charge is 0.278 e. The molecule has 0 aliphatic carbocycles. The summed E-state index contributed by atoms with van der Waals surface area (Å²) in [6.45, 7) is 11.8. The van der Waals surface area contributed by atoms with E-state index >= 15 is 0 Å². The number of nitrogens with one attached hydrogen (secondary N) is 3. The fourth-order valence-corrected chi connectivity index (χ4v) is 4.87. The highest BCUT2D eigenvalue weighted by molar-refractivity contribution is 5.97. The number of nitrogens with zero attached hydrogens (tertiary/aromatic N) is 5. The van der Waals surface area contributed by atoms with Crippen LogP contribution in [-0.4, -0.2) is 43.8 Å². The summed E-state index contributed by atoms with van der Waals surface area (Å²) in [5, 5.41) is 9.78. The maximum Gasteiger partial charge on any atom is 0.278 e. The maximum absolute atomic E-state index is 13.4. The van der Waals surface area contributed by atoms with Crippen molar-refractivity contribution < 1.29 is 4.79 Å². The highest BCUT2D eigenvalue weighted by Crippen LogP contribution is 2.27. The summed E-state index contributed by atoms with van der Waals surface area (Å²) in [5.41, 5.74) is 5.37. The third kappa shape index (κ3) is 4.56. The minimum Gasteiger partial charge on any atom is -0.355 e.